The monoisotopic (exact) mass is 389 g/mol. The van der Waals surface area contributed by atoms with Crippen LogP contribution in [0.15, 0.2) is 30.3 Å². The van der Waals surface area contributed by atoms with E-state index in [1.807, 2.05) is 6.07 Å². The number of hydrogen-bond donors (Lipinski definition) is 2. The number of nitrogens with zero attached hydrogens (tertiary/aromatic N) is 1. The Morgan fingerprint density at radius 1 is 1.15 bits per heavy atom. The number of rotatable bonds is 8. The first kappa shape index (κ1) is 26.6. The molecule has 0 aliphatic heterocycles. The summed E-state index contributed by atoms with van der Waals surface area (Å²) in [6, 6.07) is 8.85. The van der Waals surface area contributed by atoms with E-state index in [1.165, 1.54) is 0 Å². The number of aliphatic hydroxyl groups is 1. The maximum Gasteiger partial charge on any atom is 0.339 e. The maximum atomic E-state index is 11.9. The second kappa shape index (κ2) is 13.6. The molecule has 7 heteroatoms. The first-order chi connectivity index (χ1) is 11.6. The molecule has 0 spiro atoms. The van der Waals surface area contributed by atoms with Crippen LogP contribution in [0.4, 0.5) is 0 Å². The topological polar surface area (TPSA) is 87.1 Å². The quantitative estimate of drug-likeness (QED) is 0.664. The second-order valence-corrected chi connectivity index (χ2v) is 6.57. The Morgan fingerprint density at radius 2 is 1.62 bits per heavy atom. The summed E-state index contributed by atoms with van der Waals surface area (Å²) in [5.41, 5.74) is 0.419. The highest BCUT2D eigenvalue weighted by atomic mass is 35.5. The fourth-order valence-electron chi connectivity index (χ4n) is 2.22. The Labute approximate surface area is 162 Å². The minimum atomic E-state index is -1.21. The van der Waals surface area contributed by atoms with Gasteiger partial charge in [-0.1, -0.05) is 58.0 Å². The van der Waals surface area contributed by atoms with Gasteiger partial charge in [-0.2, -0.15) is 0 Å². The van der Waals surface area contributed by atoms with E-state index in [0.717, 1.165) is 26.6 Å². The van der Waals surface area contributed by atoms with Crippen molar-refractivity contribution in [3.8, 4) is 0 Å². The van der Waals surface area contributed by atoms with E-state index < -0.39 is 18.0 Å². The van der Waals surface area contributed by atoms with Crippen LogP contribution in [-0.2, 0) is 14.3 Å². The molecule has 1 aromatic carbocycles. The maximum absolute atomic E-state index is 11.9. The normalized spacial score (nSPS) is 11.7. The van der Waals surface area contributed by atoms with Crippen molar-refractivity contribution in [2.75, 3.05) is 26.2 Å². The van der Waals surface area contributed by atoms with Gasteiger partial charge >= 0.3 is 5.97 Å². The number of aliphatic hydroxyl groups excluding tert-OH is 1. The van der Waals surface area contributed by atoms with Gasteiger partial charge in [0.1, 0.15) is 0 Å². The molecule has 1 unspecified atom stereocenters. The number of carbonyl (C=O) groups excluding carboxylic acids is 1. The summed E-state index contributed by atoms with van der Waals surface area (Å²) in [5.74, 6) is -1.42. The third-order valence-corrected chi connectivity index (χ3v) is 3.49. The number of ether oxygens (including phenoxy) is 1. The third kappa shape index (κ3) is 11.8. The molecule has 0 saturated heterocycles. The molecule has 1 atom stereocenters. The zero-order valence-corrected chi connectivity index (χ0v) is 17.1. The Balaban J connectivity index is 0. The van der Waals surface area contributed by atoms with E-state index in [0.29, 0.717) is 12.2 Å². The number of carbonyl (C=O) groups is 2. The van der Waals surface area contributed by atoms with Crippen molar-refractivity contribution in [2.45, 2.75) is 40.7 Å². The molecule has 6 nitrogen and oxygen atoms in total. The summed E-state index contributed by atoms with van der Waals surface area (Å²) in [6.07, 6.45) is -1.21. The van der Waals surface area contributed by atoms with Crippen LogP contribution in [-0.4, -0.2) is 53.3 Å². The van der Waals surface area contributed by atoms with E-state index in [-0.39, 0.29) is 17.8 Å². The number of carboxylic acid groups (broad SMARTS) is 1. The van der Waals surface area contributed by atoms with Gasteiger partial charge in [-0.25, -0.2) is 4.79 Å². The predicted octanol–water partition coefficient (Wildman–Crippen LogP) is 3.14. The van der Waals surface area contributed by atoms with E-state index in [4.69, 9.17) is 14.6 Å². The van der Waals surface area contributed by atoms with Crippen molar-refractivity contribution >= 4 is 24.3 Å². The van der Waals surface area contributed by atoms with Gasteiger partial charge in [0, 0.05) is 18.9 Å². The van der Waals surface area contributed by atoms with Gasteiger partial charge in [0.05, 0.1) is 6.61 Å². The lowest BCUT2D eigenvalue weighted by atomic mass is 9.94. The highest BCUT2D eigenvalue weighted by Gasteiger charge is 2.25. The number of benzene rings is 1. The molecular formula is C19H32ClNO5. The molecule has 0 fully saturated rings. The molecular weight excluding hydrogens is 358 g/mol. The summed E-state index contributed by atoms with van der Waals surface area (Å²) in [4.78, 5) is 23.2. The molecule has 0 radical (unpaired) electrons. The van der Waals surface area contributed by atoms with Crippen LogP contribution in [0.3, 0.4) is 0 Å². The third-order valence-electron chi connectivity index (χ3n) is 3.49. The smallest absolute Gasteiger partial charge is 0.339 e. The fourth-order valence-corrected chi connectivity index (χ4v) is 2.22. The number of aliphatic carboxylic acids is 1. The highest BCUT2D eigenvalue weighted by molar-refractivity contribution is 5.85. The molecule has 26 heavy (non-hydrogen) atoms. The minimum Gasteiger partial charge on any atom is -0.481 e. The Morgan fingerprint density at radius 3 is 2.04 bits per heavy atom. The van der Waals surface area contributed by atoms with Gasteiger partial charge in [-0.05, 0) is 18.7 Å². The lowest BCUT2D eigenvalue weighted by Gasteiger charge is -2.31. The Bertz CT molecular complexity index is 514. The largest absolute Gasteiger partial charge is 0.481 e. The highest BCUT2D eigenvalue weighted by Crippen LogP contribution is 2.20. The molecule has 150 valence electrons. The van der Waals surface area contributed by atoms with Gasteiger partial charge in [0.2, 0.25) is 0 Å². The van der Waals surface area contributed by atoms with Gasteiger partial charge in [0.15, 0.2) is 6.10 Å². The number of carboxylic acids is 1. The Hall–Kier alpha value is -1.63. The van der Waals surface area contributed by atoms with Crippen LogP contribution in [0.1, 0.15) is 46.3 Å². The van der Waals surface area contributed by atoms with Crippen LogP contribution in [0, 0.1) is 5.41 Å². The van der Waals surface area contributed by atoms with Crippen molar-refractivity contribution in [3.05, 3.63) is 35.9 Å². The molecule has 0 amide bonds. The molecule has 0 saturated carbocycles. The summed E-state index contributed by atoms with van der Waals surface area (Å²) in [5, 5.41) is 17.4. The lowest BCUT2D eigenvalue weighted by molar-refractivity contribution is -0.157. The first-order valence-corrected chi connectivity index (χ1v) is 8.44. The second-order valence-electron chi connectivity index (χ2n) is 6.57. The average Bonchev–Trinajstić information content (AvgIpc) is 2.57. The first-order valence-electron chi connectivity index (χ1n) is 8.44. The van der Waals surface area contributed by atoms with E-state index >= 15 is 0 Å². The number of esters is 1. The minimum absolute atomic E-state index is 0. The van der Waals surface area contributed by atoms with Crippen LogP contribution in [0.5, 0.6) is 0 Å². The molecule has 0 aliphatic rings. The number of halogens is 1. The van der Waals surface area contributed by atoms with Gasteiger partial charge in [-0.3, -0.25) is 4.79 Å². The van der Waals surface area contributed by atoms with Gasteiger partial charge in [0.25, 0.3) is 5.97 Å². The summed E-state index contributed by atoms with van der Waals surface area (Å²) >= 11 is 0. The van der Waals surface area contributed by atoms with Crippen LogP contribution in [0.2, 0.25) is 0 Å². The van der Waals surface area contributed by atoms with Crippen LogP contribution in [0.25, 0.3) is 0 Å². The van der Waals surface area contributed by atoms with Crippen LogP contribution >= 0.6 is 12.4 Å². The van der Waals surface area contributed by atoms with E-state index in [9.17, 15) is 9.90 Å². The summed E-state index contributed by atoms with van der Waals surface area (Å²) < 4.78 is 5.30. The summed E-state index contributed by atoms with van der Waals surface area (Å²) in [7, 11) is 0. The SMILES string of the molecule is CC(=O)O.CCN(CC)CC(C)(C)COC(=O)C(O)c1ccccc1.Cl. The molecule has 1 aromatic rings. The lowest BCUT2D eigenvalue weighted by Crippen LogP contribution is -2.37. The molecule has 0 bridgehead atoms. The molecule has 0 aliphatic carbocycles. The summed E-state index contributed by atoms with van der Waals surface area (Å²) in [6.45, 7) is 12.5. The zero-order valence-electron chi connectivity index (χ0n) is 16.3. The average molecular weight is 390 g/mol. The van der Waals surface area contributed by atoms with Crippen LogP contribution < -0.4 is 0 Å². The standard InChI is InChI=1S/C17H27NO3.C2H4O2.ClH/c1-5-18(6-2)12-17(3,4)13-21-16(20)15(19)14-10-8-7-9-11-14;1-2(3)4;/h7-11,15,19H,5-6,12-13H2,1-4H3;1H3,(H,3,4);1H. The van der Waals surface area contributed by atoms with Crippen molar-refractivity contribution in [2.24, 2.45) is 5.41 Å². The van der Waals surface area contributed by atoms with Gasteiger partial charge in [-0.15, -0.1) is 12.4 Å². The van der Waals surface area contributed by atoms with E-state index in [2.05, 4.69) is 32.6 Å². The van der Waals surface area contributed by atoms with Crippen molar-refractivity contribution < 1.29 is 24.5 Å². The molecule has 1 rings (SSSR count). The van der Waals surface area contributed by atoms with Gasteiger partial charge < -0.3 is 19.8 Å². The molecule has 0 aromatic heterocycles. The fraction of sp³-hybridized carbons (Fsp3) is 0.579. The molecule has 0 heterocycles. The van der Waals surface area contributed by atoms with Crippen molar-refractivity contribution in [1.82, 2.24) is 4.90 Å². The van der Waals surface area contributed by atoms with Crippen molar-refractivity contribution in [1.29, 1.82) is 0 Å². The molecule has 2 N–H and O–H groups in total. The Kier molecular flexibility index (Phi) is 13.9. The number of hydrogen-bond acceptors (Lipinski definition) is 5. The predicted molar refractivity (Wildman–Crippen MR) is 104 cm³/mol. The zero-order chi connectivity index (χ0) is 19.5. The van der Waals surface area contributed by atoms with E-state index in [1.54, 1.807) is 24.3 Å². The van der Waals surface area contributed by atoms with Crippen molar-refractivity contribution in [3.63, 3.8) is 0 Å².